The Labute approximate surface area is 125 Å². The highest BCUT2D eigenvalue weighted by atomic mass is 16.2. The molecule has 0 heterocycles. The van der Waals surface area contributed by atoms with Crippen LogP contribution in [0.1, 0.15) is 12.0 Å². The summed E-state index contributed by atoms with van der Waals surface area (Å²) in [4.78, 5) is 26.7. The fourth-order valence-corrected chi connectivity index (χ4v) is 1.69. The Morgan fingerprint density at radius 3 is 2.29 bits per heavy atom. The van der Waals surface area contributed by atoms with Crippen LogP contribution in [-0.2, 0) is 16.1 Å². The smallest absolute Gasteiger partial charge is 0.236 e. The lowest BCUT2D eigenvalue weighted by Gasteiger charge is -2.18. The van der Waals surface area contributed by atoms with Crippen LogP contribution in [0, 0.1) is 0 Å². The number of amides is 2. The molecule has 0 spiro atoms. The van der Waals surface area contributed by atoms with E-state index in [0.717, 1.165) is 11.3 Å². The van der Waals surface area contributed by atoms with Gasteiger partial charge >= 0.3 is 0 Å². The Morgan fingerprint density at radius 2 is 1.76 bits per heavy atom. The molecule has 6 heteroatoms. The number of hydrogen-bond donors (Lipinski definition) is 2. The van der Waals surface area contributed by atoms with Crippen LogP contribution in [0.4, 0.5) is 5.69 Å². The number of carbonyl (C=O) groups excluding carboxylic acids is 2. The monoisotopic (exact) mass is 292 g/mol. The lowest BCUT2D eigenvalue weighted by molar-refractivity contribution is -0.130. The number of anilines is 1. The first-order chi connectivity index (χ1) is 9.92. The molecule has 1 rings (SSSR count). The van der Waals surface area contributed by atoms with Crippen molar-refractivity contribution < 1.29 is 9.59 Å². The zero-order chi connectivity index (χ0) is 15.8. The third kappa shape index (κ3) is 6.37. The first-order valence-electron chi connectivity index (χ1n) is 6.90. The van der Waals surface area contributed by atoms with Crippen molar-refractivity contribution in [2.24, 2.45) is 5.73 Å². The Bertz CT molecular complexity index is 471. The van der Waals surface area contributed by atoms with Crippen LogP contribution >= 0.6 is 0 Å². The third-order valence-electron chi connectivity index (χ3n) is 3.10. The minimum absolute atomic E-state index is 0.0234. The number of carbonyl (C=O) groups is 2. The molecule has 0 bridgehead atoms. The molecule has 0 atom stereocenters. The van der Waals surface area contributed by atoms with Gasteiger partial charge in [0, 0.05) is 39.3 Å². The molecule has 116 valence electrons. The molecule has 3 N–H and O–H groups in total. The maximum Gasteiger partial charge on any atom is 0.236 e. The van der Waals surface area contributed by atoms with Crippen LogP contribution < -0.4 is 11.1 Å². The van der Waals surface area contributed by atoms with Gasteiger partial charge in [-0.2, -0.15) is 0 Å². The maximum atomic E-state index is 11.8. The van der Waals surface area contributed by atoms with Gasteiger partial charge in [-0.3, -0.25) is 14.5 Å². The maximum absolute atomic E-state index is 11.8. The second kappa shape index (κ2) is 8.39. The highest BCUT2D eigenvalue weighted by molar-refractivity contribution is 5.90. The van der Waals surface area contributed by atoms with Gasteiger partial charge in [-0.15, -0.1) is 0 Å². The van der Waals surface area contributed by atoms with Crippen molar-refractivity contribution in [3.05, 3.63) is 29.8 Å². The third-order valence-corrected chi connectivity index (χ3v) is 3.10. The van der Waals surface area contributed by atoms with Gasteiger partial charge < -0.3 is 16.0 Å². The molecule has 0 saturated heterocycles. The fraction of sp³-hybridized carbons (Fsp3) is 0.467. The van der Waals surface area contributed by atoms with Gasteiger partial charge in [0.1, 0.15) is 0 Å². The second-order valence-electron chi connectivity index (χ2n) is 5.23. The minimum atomic E-state index is -0.0698. The quantitative estimate of drug-likeness (QED) is 0.767. The molecule has 0 aliphatic carbocycles. The summed E-state index contributed by atoms with van der Waals surface area (Å²) in [5.74, 6) is -0.0464. The summed E-state index contributed by atoms with van der Waals surface area (Å²) >= 11 is 0. The SMILES string of the molecule is CN(CCC(=O)Nc1ccc(CN)cc1)CC(=O)N(C)C. The highest BCUT2D eigenvalue weighted by Crippen LogP contribution is 2.09. The van der Waals surface area contributed by atoms with Gasteiger partial charge in [0.05, 0.1) is 6.54 Å². The van der Waals surface area contributed by atoms with Crippen molar-refractivity contribution in [3.8, 4) is 0 Å². The van der Waals surface area contributed by atoms with E-state index in [1.807, 2.05) is 36.2 Å². The van der Waals surface area contributed by atoms with E-state index in [1.54, 1.807) is 14.1 Å². The molecule has 0 fully saturated rings. The molecule has 0 radical (unpaired) electrons. The van der Waals surface area contributed by atoms with E-state index in [1.165, 1.54) is 4.90 Å². The summed E-state index contributed by atoms with van der Waals surface area (Å²) in [7, 11) is 5.26. The number of nitrogens with one attached hydrogen (secondary N) is 1. The lowest BCUT2D eigenvalue weighted by Crippen LogP contribution is -2.35. The second-order valence-corrected chi connectivity index (χ2v) is 5.23. The average molecular weight is 292 g/mol. The molecule has 1 aromatic carbocycles. The standard InChI is InChI=1S/C15H24N4O2/c1-18(2)15(21)11-19(3)9-8-14(20)17-13-6-4-12(10-16)5-7-13/h4-7H,8-11,16H2,1-3H3,(H,17,20). The van der Waals surface area contributed by atoms with Crippen molar-refractivity contribution in [1.29, 1.82) is 0 Å². The largest absolute Gasteiger partial charge is 0.348 e. The number of likely N-dealkylation sites (N-methyl/N-ethyl adjacent to an activating group) is 2. The minimum Gasteiger partial charge on any atom is -0.348 e. The molecule has 0 aliphatic heterocycles. The van der Waals surface area contributed by atoms with E-state index in [9.17, 15) is 9.59 Å². The normalized spacial score (nSPS) is 10.5. The Morgan fingerprint density at radius 1 is 1.14 bits per heavy atom. The zero-order valence-electron chi connectivity index (χ0n) is 12.9. The van der Waals surface area contributed by atoms with Crippen LogP contribution in [0.25, 0.3) is 0 Å². The molecule has 21 heavy (non-hydrogen) atoms. The molecule has 0 unspecified atom stereocenters. The van der Waals surface area contributed by atoms with E-state index in [-0.39, 0.29) is 11.8 Å². The topological polar surface area (TPSA) is 78.7 Å². The van der Waals surface area contributed by atoms with E-state index in [2.05, 4.69) is 5.32 Å². The van der Waals surface area contributed by atoms with Crippen molar-refractivity contribution in [1.82, 2.24) is 9.80 Å². The number of benzene rings is 1. The Balaban J connectivity index is 2.34. The number of nitrogens with zero attached hydrogens (tertiary/aromatic N) is 2. The first kappa shape index (κ1) is 17.1. The summed E-state index contributed by atoms with van der Waals surface area (Å²) in [6, 6.07) is 7.44. The zero-order valence-corrected chi connectivity index (χ0v) is 12.9. The van der Waals surface area contributed by atoms with Gasteiger partial charge in [0.2, 0.25) is 11.8 Å². The van der Waals surface area contributed by atoms with Crippen molar-refractivity contribution in [2.45, 2.75) is 13.0 Å². The lowest BCUT2D eigenvalue weighted by atomic mass is 10.2. The van der Waals surface area contributed by atoms with E-state index in [4.69, 9.17) is 5.73 Å². The van der Waals surface area contributed by atoms with Gasteiger partial charge in [-0.05, 0) is 24.7 Å². The van der Waals surface area contributed by atoms with Crippen LogP contribution in [0.2, 0.25) is 0 Å². The molecule has 0 saturated carbocycles. The summed E-state index contributed by atoms with van der Waals surface area (Å²) in [5.41, 5.74) is 7.30. The average Bonchev–Trinajstić information content (AvgIpc) is 2.45. The van der Waals surface area contributed by atoms with Gasteiger partial charge in [-0.1, -0.05) is 12.1 Å². The molecular formula is C15H24N4O2. The Kier molecular flexibility index (Phi) is 6.84. The molecule has 1 aromatic rings. The Hall–Kier alpha value is -1.92. The van der Waals surface area contributed by atoms with Crippen LogP contribution in [0.15, 0.2) is 24.3 Å². The fourth-order valence-electron chi connectivity index (χ4n) is 1.69. The summed E-state index contributed by atoms with van der Waals surface area (Å²) in [6.45, 7) is 1.33. The van der Waals surface area contributed by atoms with Crippen molar-refractivity contribution in [2.75, 3.05) is 39.5 Å². The van der Waals surface area contributed by atoms with Crippen molar-refractivity contribution >= 4 is 17.5 Å². The van der Waals surface area contributed by atoms with E-state index < -0.39 is 0 Å². The molecule has 6 nitrogen and oxygen atoms in total. The van der Waals surface area contributed by atoms with Gasteiger partial charge in [0.25, 0.3) is 0 Å². The number of nitrogens with two attached hydrogens (primary N) is 1. The predicted molar refractivity (Wildman–Crippen MR) is 83.8 cm³/mol. The van der Waals surface area contributed by atoms with Crippen molar-refractivity contribution in [3.63, 3.8) is 0 Å². The van der Waals surface area contributed by atoms with Gasteiger partial charge in [-0.25, -0.2) is 0 Å². The predicted octanol–water partition coefficient (Wildman–Crippen LogP) is 0.494. The molecular weight excluding hydrogens is 268 g/mol. The summed E-state index contributed by atoms with van der Waals surface area (Å²) < 4.78 is 0. The summed E-state index contributed by atoms with van der Waals surface area (Å²) in [5, 5.41) is 2.82. The highest BCUT2D eigenvalue weighted by Gasteiger charge is 2.10. The molecule has 0 aliphatic rings. The van der Waals surface area contributed by atoms with E-state index in [0.29, 0.717) is 26.1 Å². The summed E-state index contributed by atoms with van der Waals surface area (Å²) in [6.07, 6.45) is 0.343. The molecule has 2 amide bonds. The number of rotatable bonds is 7. The van der Waals surface area contributed by atoms with E-state index >= 15 is 0 Å². The number of hydrogen-bond acceptors (Lipinski definition) is 4. The molecule has 0 aromatic heterocycles. The van der Waals surface area contributed by atoms with Crippen LogP contribution in [-0.4, -0.2) is 55.8 Å². The van der Waals surface area contributed by atoms with Crippen LogP contribution in [0.5, 0.6) is 0 Å². The first-order valence-corrected chi connectivity index (χ1v) is 6.90. The van der Waals surface area contributed by atoms with Gasteiger partial charge in [0.15, 0.2) is 0 Å². The van der Waals surface area contributed by atoms with Crippen LogP contribution in [0.3, 0.4) is 0 Å².